The van der Waals surface area contributed by atoms with Gasteiger partial charge in [0.15, 0.2) is 5.69 Å². The van der Waals surface area contributed by atoms with Gasteiger partial charge in [0.2, 0.25) is 0 Å². The van der Waals surface area contributed by atoms with E-state index in [4.69, 9.17) is 5.11 Å². The van der Waals surface area contributed by atoms with E-state index in [1.165, 1.54) is 4.80 Å². The molecule has 20 heavy (non-hydrogen) atoms. The zero-order valence-electron chi connectivity index (χ0n) is 10.6. The average Bonchev–Trinajstić information content (AvgIpc) is 3.08. The Balaban J connectivity index is 1.97. The van der Waals surface area contributed by atoms with Crippen LogP contribution in [0.2, 0.25) is 0 Å². The fourth-order valence-corrected chi connectivity index (χ4v) is 1.96. The minimum absolute atomic E-state index is 0.0281. The van der Waals surface area contributed by atoms with Crippen molar-refractivity contribution in [3.05, 3.63) is 48.4 Å². The van der Waals surface area contributed by atoms with Crippen LogP contribution in [-0.2, 0) is 7.05 Å². The molecular weight excluding hydrogens is 258 g/mol. The molecule has 1 aromatic carbocycles. The number of benzene rings is 1. The number of rotatable bonds is 3. The second kappa shape index (κ2) is 4.61. The van der Waals surface area contributed by atoms with Gasteiger partial charge in [0.05, 0.1) is 23.8 Å². The highest BCUT2D eigenvalue weighted by Crippen LogP contribution is 2.21. The number of aryl methyl sites for hydroxylation is 1. The Morgan fingerprint density at radius 2 is 1.80 bits per heavy atom. The van der Waals surface area contributed by atoms with Crippen molar-refractivity contribution in [2.45, 2.75) is 0 Å². The molecule has 0 bridgehead atoms. The fraction of sp³-hybridized carbons (Fsp3) is 0.0769. The maximum atomic E-state index is 10.9. The van der Waals surface area contributed by atoms with E-state index in [0.29, 0.717) is 0 Å². The van der Waals surface area contributed by atoms with Crippen molar-refractivity contribution in [1.82, 2.24) is 24.8 Å². The Morgan fingerprint density at radius 1 is 1.15 bits per heavy atom. The van der Waals surface area contributed by atoms with Crippen LogP contribution in [0.3, 0.4) is 0 Å². The van der Waals surface area contributed by atoms with Crippen LogP contribution in [-0.4, -0.2) is 35.9 Å². The van der Waals surface area contributed by atoms with Crippen LogP contribution in [0.15, 0.2) is 42.7 Å². The zero-order valence-corrected chi connectivity index (χ0v) is 10.6. The topological polar surface area (TPSA) is 85.8 Å². The van der Waals surface area contributed by atoms with E-state index in [1.807, 2.05) is 24.3 Å². The van der Waals surface area contributed by atoms with Crippen LogP contribution < -0.4 is 0 Å². The molecule has 0 spiro atoms. The molecule has 0 atom stereocenters. The Kier molecular flexibility index (Phi) is 2.79. The minimum Gasteiger partial charge on any atom is -0.476 e. The number of aromatic nitrogens is 5. The Hall–Kier alpha value is -2.96. The summed E-state index contributed by atoms with van der Waals surface area (Å²) in [6, 6.07) is 9.03. The summed E-state index contributed by atoms with van der Waals surface area (Å²) >= 11 is 0. The highest BCUT2D eigenvalue weighted by molar-refractivity contribution is 5.87. The number of carbonyl (C=O) groups is 1. The Labute approximate surface area is 114 Å². The molecule has 7 heteroatoms. The van der Waals surface area contributed by atoms with Crippen molar-refractivity contribution < 1.29 is 9.90 Å². The second-order valence-corrected chi connectivity index (χ2v) is 4.21. The normalized spacial score (nSPS) is 10.7. The molecule has 0 radical (unpaired) electrons. The maximum Gasteiger partial charge on any atom is 0.356 e. The van der Waals surface area contributed by atoms with Gasteiger partial charge < -0.3 is 5.11 Å². The molecule has 0 aliphatic carbocycles. The van der Waals surface area contributed by atoms with Gasteiger partial charge in [0.25, 0.3) is 0 Å². The quantitative estimate of drug-likeness (QED) is 0.776. The first kappa shape index (κ1) is 12.1. The van der Waals surface area contributed by atoms with E-state index in [-0.39, 0.29) is 5.69 Å². The van der Waals surface area contributed by atoms with E-state index >= 15 is 0 Å². The number of hydrogen-bond donors (Lipinski definition) is 1. The Bertz CT molecular complexity index is 744. The maximum absolute atomic E-state index is 10.9. The molecule has 2 heterocycles. The van der Waals surface area contributed by atoms with E-state index in [0.717, 1.165) is 16.9 Å². The monoisotopic (exact) mass is 269 g/mol. The number of aromatic carboxylic acids is 1. The highest BCUT2D eigenvalue weighted by Gasteiger charge is 2.12. The predicted molar refractivity (Wildman–Crippen MR) is 70.5 cm³/mol. The second-order valence-electron chi connectivity index (χ2n) is 4.21. The lowest BCUT2D eigenvalue weighted by atomic mass is 10.1. The van der Waals surface area contributed by atoms with Crippen LogP contribution in [0.1, 0.15) is 10.5 Å². The van der Waals surface area contributed by atoms with Crippen molar-refractivity contribution in [3.63, 3.8) is 0 Å². The molecule has 1 N–H and O–H groups in total. The molecule has 3 rings (SSSR count). The molecule has 0 fully saturated rings. The fourth-order valence-electron chi connectivity index (χ4n) is 1.96. The largest absolute Gasteiger partial charge is 0.476 e. The van der Waals surface area contributed by atoms with Crippen molar-refractivity contribution in [2.75, 3.05) is 0 Å². The predicted octanol–water partition coefficient (Wildman–Crippen LogP) is 1.37. The number of hydrogen-bond acceptors (Lipinski definition) is 4. The van der Waals surface area contributed by atoms with Crippen molar-refractivity contribution in [2.24, 2.45) is 7.05 Å². The molecule has 100 valence electrons. The van der Waals surface area contributed by atoms with Crippen molar-refractivity contribution >= 4 is 5.97 Å². The third kappa shape index (κ3) is 2.05. The van der Waals surface area contributed by atoms with Gasteiger partial charge in [-0.3, -0.25) is 4.68 Å². The summed E-state index contributed by atoms with van der Waals surface area (Å²) < 4.78 is 1.55. The van der Waals surface area contributed by atoms with E-state index in [2.05, 4.69) is 15.3 Å². The van der Waals surface area contributed by atoms with Crippen LogP contribution in [0, 0.1) is 0 Å². The molecule has 0 saturated carbocycles. The SMILES string of the molecule is Cn1nc(C(=O)O)cc1-c1ccc(-n2nccn2)cc1. The first-order valence-corrected chi connectivity index (χ1v) is 5.89. The molecule has 0 saturated heterocycles. The van der Waals surface area contributed by atoms with E-state index < -0.39 is 5.97 Å². The van der Waals surface area contributed by atoms with Gasteiger partial charge >= 0.3 is 5.97 Å². The third-order valence-electron chi connectivity index (χ3n) is 2.91. The molecular formula is C13H11N5O2. The summed E-state index contributed by atoms with van der Waals surface area (Å²) in [7, 11) is 1.71. The molecule has 0 aliphatic heterocycles. The highest BCUT2D eigenvalue weighted by atomic mass is 16.4. The van der Waals surface area contributed by atoms with Gasteiger partial charge in [-0.15, -0.1) is 0 Å². The lowest BCUT2D eigenvalue weighted by Crippen LogP contribution is -1.99. The summed E-state index contributed by atoms with van der Waals surface area (Å²) in [6.07, 6.45) is 3.21. The smallest absolute Gasteiger partial charge is 0.356 e. The zero-order chi connectivity index (χ0) is 14.1. The van der Waals surface area contributed by atoms with Crippen LogP contribution in [0.25, 0.3) is 16.9 Å². The van der Waals surface area contributed by atoms with Crippen LogP contribution in [0.5, 0.6) is 0 Å². The molecule has 0 amide bonds. The van der Waals surface area contributed by atoms with E-state index in [1.54, 1.807) is 30.2 Å². The van der Waals surface area contributed by atoms with Gasteiger partial charge in [-0.2, -0.15) is 20.1 Å². The summed E-state index contributed by atoms with van der Waals surface area (Å²) in [5.74, 6) is -1.04. The number of nitrogens with zero attached hydrogens (tertiary/aromatic N) is 5. The minimum atomic E-state index is -1.04. The summed E-state index contributed by atoms with van der Waals surface area (Å²) in [5, 5.41) is 21.0. The van der Waals surface area contributed by atoms with Gasteiger partial charge in [-0.1, -0.05) is 12.1 Å². The van der Waals surface area contributed by atoms with Gasteiger partial charge in [0, 0.05) is 7.05 Å². The van der Waals surface area contributed by atoms with Crippen LogP contribution in [0.4, 0.5) is 0 Å². The van der Waals surface area contributed by atoms with Crippen molar-refractivity contribution in [1.29, 1.82) is 0 Å². The van der Waals surface area contributed by atoms with Crippen LogP contribution >= 0.6 is 0 Å². The first-order chi connectivity index (χ1) is 9.65. The molecule has 2 aromatic heterocycles. The first-order valence-electron chi connectivity index (χ1n) is 5.89. The van der Waals surface area contributed by atoms with E-state index in [9.17, 15) is 4.79 Å². The number of carboxylic acids is 1. The lowest BCUT2D eigenvalue weighted by molar-refractivity contribution is 0.0689. The van der Waals surface area contributed by atoms with Gasteiger partial charge in [-0.25, -0.2) is 4.79 Å². The van der Waals surface area contributed by atoms with Gasteiger partial charge in [-0.05, 0) is 23.8 Å². The summed E-state index contributed by atoms with van der Waals surface area (Å²) in [6.45, 7) is 0. The third-order valence-corrected chi connectivity index (χ3v) is 2.91. The Morgan fingerprint density at radius 3 is 2.35 bits per heavy atom. The summed E-state index contributed by atoms with van der Waals surface area (Å²) in [5.41, 5.74) is 2.48. The molecule has 7 nitrogen and oxygen atoms in total. The van der Waals surface area contributed by atoms with Gasteiger partial charge in [0.1, 0.15) is 0 Å². The molecule has 0 unspecified atom stereocenters. The average molecular weight is 269 g/mol. The summed E-state index contributed by atoms with van der Waals surface area (Å²) in [4.78, 5) is 12.4. The standard InChI is InChI=1S/C13H11N5O2/c1-17-12(8-11(16-17)13(19)20)9-2-4-10(5-3-9)18-14-6-7-15-18/h2-8H,1H3,(H,19,20). The molecule has 0 aliphatic rings. The number of carboxylic acid groups (broad SMARTS) is 1. The lowest BCUT2D eigenvalue weighted by Gasteiger charge is -2.03. The molecule has 3 aromatic rings. The van der Waals surface area contributed by atoms with Crippen molar-refractivity contribution in [3.8, 4) is 16.9 Å².